The maximum Gasteiger partial charge on any atom is 0.331 e. The molecule has 10 nitrogen and oxygen atoms in total. The lowest BCUT2D eigenvalue weighted by Gasteiger charge is -2.39. The van der Waals surface area contributed by atoms with E-state index < -0.39 is 53.8 Å². The fourth-order valence-electron chi connectivity index (χ4n) is 3.83. The maximum absolute atomic E-state index is 13.5. The molecule has 1 aromatic rings. The molecule has 1 aromatic carbocycles. The van der Waals surface area contributed by atoms with Crippen LogP contribution in [0.25, 0.3) is 0 Å². The molecule has 3 rings (SSSR count). The lowest BCUT2D eigenvalue weighted by Crippen LogP contribution is -2.62. The lowest BCUT2D eigenvalue weighted by atomic mass is 10.0. The number of aliphatic carboxylic acids is 1. The highest BCUT2D eigenvalue weighted by Gasteiger charge is 2.46. The standard InChI is InChI=1S/C22H27N3O7/c1-22(2,3)32-21(31)16-9-6-12-23-25(16)20(30)15(10-11-17(26)27)24-18(28)13-7-4-5-8-14(13)19(24)29/h4-5,7-8,15-16,23H,6,9-12H2,1-3H3,(H,26,27)/t15?,16-/m0/s1. The second kappa shape index (κ2) is 9.07. The number of hydrogen-bond donors (Lipinski definition) is 2. The molecule has 0 aromatic heterocycles. The molecule has 1 fully saturated rings. The molecule has 0 radical (unpaired) electrons. The first-order valence-electron chi connectivity index (χ1n) is 10.5. The molecule has 32 heavy (non-hydrogen) atoms. The Morgan fingerprint density at radius 1 is 1.16 bits per heavy atom. The van der Waals surface area contributed by atoms with Crippen LogP contribution in [0.15, 0.2) is 24.3 Å². The van der Waals surface area contributed by atoms with Crippen LogP contribution in [0, 0.1) is 0 Å². The van der Waals surface area contributed by atoms with E-state index in [0.29, 0.717) is 19.4 Å². The smallest absolute Gasteiger partial charge is 0.331 e. The van der Waals surface area contributed by atoms with Crippen molar-refractivity contribution in [2.24, 2.45) is 0 Å². The molecule has 0 saturated carbocycles. The third-order valence-corrected chi connectivity index (χ3v) is 5.22. The summed E-state index contributed by atoms with van der Waals surface area (Å²) in [5, 5.41) is 10.3. The average molecular weight is 445 g/mol. The summed E-state index contributed by atoms with van der Waals surface area (Å²) in [5.74, 6) is -3.84. The number of carboxylic acid groups (broad SMARTS) is 1. The highest BCUT2D eigenvalue weighted by molar-refractivity contribution is 6.22. The van der Waals surface area contributed by atoms with Crippen molar-refractivity contribution in [1.29, 1.82) is 0 Å². The Morgan fingerprint density at radius 3 is 2.28 bits per heavy atom. The molecule has 2 aliphatic rings. The average Bonchev–Trinajstić information content (AvgIpc) is 2.98. The summed E-state index contributed by atoms with van der Waals surface area (Å²) in [7, 11) is 0. The first-order valence-corrected chi connectivity index (χ1v) is 10.5. The van der Waals surface area contributed by atoms with Crippen LogP contribution in [0.1, 0.15) is 67.2 Å². The number of esters is 1. The van der Waals surface area contributed by atoms with Gasteiger partial charge in [-0.3, -0.25) is 29.1 Å². The Kier molecular flexibility index (Phi) is 6.63. The van der Waals surface area contributed by atoms with Crippen molar-refractivity contribution in [3.8, 4) is 0 Å². The van der Waals surface area contributed by atoms with Gasteiger partial charge in [0.05, 0.1) is 11.1 Å². The second-order valence-electron chi connectivity index (χ2n) is 8.78. The lowest BCUT2D eigenvalue weighted by molar-refractivity contribution is -0.170. The predicted octanol–water partition coefficient (Wildman–Crippen LogP) is 1.35. The Morgan fingerprint density at radius 2 is 1.75 bits per heavy atom. The molecule has 2 atom stereocenters. The SMILES string of the molecule is CC(C)(C)OC(=O)[C@@H]1CCCNN1C(=O)C(CCC(=O)O)N1C(=O)c2ccccc2C1=O. The van der Waals surface area contributed by atoms with E-state index in [2.05, 4.69) is 5.43 Å². The van der Waals surface area contributed by atoms with Gasteiger partial charge in [-0.15, -0.1) is 0 Å². The van der Waals surface area contributed by atoms with Gasteiger partial charge >= 0.3 is 11.9 Å². The Balaban J connectivity index is 1.92. The van der Waals surface area contributed by atoms with Gasteiger partial charge in [-0.25, -0.2) is 10.2 Å². The zero-order chi connectivity index (χ0) is 23.6. The zero-order valence-corrected chi connectivity index (χ0v) is 18.3. The molecule has 3 amide bonds. The largest absolute Gasteiger partial charge is 0.481 e. The van der Waals surface area contributed by atoms with Crippen molar-refractivity contribution >= 4 is 29.7 Å². The van der Waals surface area contributed by atoms with E-state index in [0.717, 1.165) is 9.91 Å². The normalized spacial score (nSPS) is 19.5. The van der Waals surface area contributed by atoms with Crippen LogP contribution in [0.2, 0.25) is 0 Å². The topological polar surface area (TPSA) is 133 Å². The first-order chi connectivity index (χ1) is 15.0. The van der Waals surface area contributed by atoms with Crippen molar-refractivity contribution < 1.29 is 33.8 Å². The molecular weight excluding hydrogens is 418 g/mol. The molecule has 172 valence electrons. The number of benzene rings is 1. The molecule has 10 heteroatoms. The van der Waals surface area contributed by atoms with Crippen LogP contribution in [0.4, 0.5) is 0 Å². The van der Waals surface area contributed by atoms with Crippen molar-refractivity contribution in [2.75, 3.05) is 6.54 Å². The summed E-state index contributed by atoms with van der Waals surface area (Å²) in [6, 6.07) is 3.83. The van der Waals surface area contributed by atoms with Gasteiger partial charge in [0.15, 0.2) is 0 Å². The van der Waals surface area contributed by atoms with Crippen LogP contribution < -0.4 is 5.43 Å². The molecule has 2 heterocycles. The third kappa shape index (κ3) is 4.80. The summed E-state index contributed by atoms with van der Waals surface area (Å²) in [4.78, 5) is 64.2. The summed E-state index contributed by atoms with van der Waals surface area (Å²) in [6.07, 6.45) is 0.232. The van der Waals surface area contributed by atoms with E-state index in [-0.39, 0.29) is 17.5 Å². The number of ether oxygens (including phenoxy) is 1. The van der Waals surface area contributed by atoms with Gasteiger partial charge < -0.3 is 9.84 Å². The Bertz CT molecular complexity index is 918. The second-order valence-corrected chi connectivity index (χ2v) is 8.78. The van der Waals surface area contributed by atoms with E-state index in [9.17, 15) is 24.0 Å². The van der Waals surface area contributed by atoms with E-state index in [1.807, 2.05) is 0 Å². The van der Waals surface area contributed by atoms with Crippen molar-refractivity contribution in [3.63, 3.8) is 0 Å². The van der Waals surface area contributed by atoms with Crippen LogP contribution in [0.3, 0.4) is 0 Å². The van der Waals surface area contributed by atoms with E-state index in [4.69, 9.17) is 9.84 Å². The van der Waals surface area contributed by atoms with Crippen LogP contribution in [-0.4, -0.2) is 68.9 Å². The minimum atomic E-state index is -1.38. The van der Waals surface area contributed by atoms with Crippen LogP contribution in [-0.2, 0) is 19.1 Å². The first kappa shape index (κ1) is 23.4. The number of nitrogens with zero attached hydrogens (tertiary/aromatic N) is 2. The van der Waals surface area contributed by atoms with E-state index in [1.54, 1.807) is 32.9 Å². The van der Waals surface area contributed by atoms with E-state index in [1.165, 1.54) is 12.1 Å². The maximum atomic E-state index is 13.5. The fourth-order valence-corrected chi connectivity index (χ4v) is 3.83. The molecular formula is C22H27N3O7. The highest BCUT2D eigenvalue weighted by atomic mass is 16.6. The van der Waals surface area contributed by atoms with Gasteiger partial charge in [-0.1, -0.05) is 12.1 Å². The minimum Gasteiger partial charge on any atom is -0.481 e. The zero-order valence-electron chi connectivity index (χ0n) is 18.3. The Labute approximate surface area is 185 Å². The number of carboxylic acids is 1. The number of nitrogens with one attached hydrogen (secondary N) is 1. The third-order valence-electron chi connectivity index (χ3n) is 5.22. The number of imide groups is 1. The summed E-state index contributed by atoms with van der Waals surface area (Å²) in [6.45, 7) is 5.53. The molecule has 0 bridgehead atoms. The highest BCUT2D eigenvalue weighted by Crippen LogP contribution is 2.28. The van der Waals surface area contributed by atoms with Crippen LogP contribution in [0.5, 0.6) is 0 Å². The van der Waals surface area contributed by atoms with Gasteiger partial charge in [0, 0.05) is 13.0 Å². The molecule has 2 aliphatic heterocycles. The molecule has 0 aliphatic carbocycles. The van der Waals surface area contributed by atoms with Gasteiger partial charge in [-0.2, -0.15) is 0 Å². The number of rotatable bonds is 6. The number of fused-ring (bicyclic) bond motifs is 1. The molecule has 0 spiro atoms. The molecule has 1 saturated heterocycles. The number of amides is 3. The van der Waals surface area contributed by atoms with Crippen molar-refractivity contribution in [3.05, 3.63) is 35.4 Å². The van der Waals surface area contributed by atoms with Gasteiger partial charge in [0.1, 0.15) is 17.7 Å². The molecule has 1 unspecified atom stereocenters. The quantitative estimate of drug-likeness (QED) is 0.495. The van der Waals surface area contributed by atoms with Crippen molar-refractivity contribution in [1.82, 2.24) is 15.3 Å². The summed E-state index contributed by atoms with van der Waals surface area (Å²) >= 11 is 0. The number of hydrogen-bond acceptors (Lipinski definition) is 7. The predicted molar refractivity (Wildman–Crippen MR) is 111 cm³/mol. The van der Waals surface area contributed by atoms with E-state index >= 15 is 0 Å². The van der Waals surface area contributed by atoms with Gasteiger partial charge in [0.25, 0.3) is 17.7 Å². The summed E-state index contributed by atoms with van der Waals surface area (Å²) < 4.78 is 5.44. The number of carbonyl (C=O) groups excluding carboxylic acids is 4. The monoisotopic (exact) mass is 445 g/mol. The van der Waals surface area contributed by atoms with Gasteiger partial charge in [0.2, 0.25) is 0 Å². The Hall–Kier alpha value is -3.27. The number of hydrazine groups is 1. The number of carbonyl (C=O) groups is 5. The van der Waals surface area contributed by atoms with Crippen molar-refractivity contribution in [2.45, 2.75) is 64.1 Å². The van der Waals surface area contributed by atoms with Crippen LogP contribution >= 0.6 is 0 Å². The molecule has 2 N–H and O–H groups in total. The fraction of sp³-hybridized carbons (Fsp3) is 0.500. The minimum absolute atomic E-state index is 0.154. The summed E-state index contributed by atoms with van der Waals surface area (Å²) in [5.41, 5.74) is 2.40. The van der Waals surface area contributed by atoms with Gasteiger partial charge in [-0.05, 0) is 52.2 Å².